The standard InChI is InChI=1S/C19H14F6N2O/c1-27-10-11(15-4-2-3-5-16(15)27)6-17(28)26-14-8-12(18(20,21)22)7-13(9-14)19(23,24)25/h2-5,7-10H,6H2,1H3,(H,26,28). The number of para-hydroxylation sites is 1. The number of nitrogens with zero attached hydrogens (tertiary/aromatic N) is 1. The summed E-state index contributed by atoms with van der Waals surface area (Å²) < 4.78 is 79.3. The molecule has 0 bridgehead atoms. The number of anilines is 1. The van der Waals surface area contributed by atoms with Gasteiger partial charge >= 0.3 is 12.4 Å². The van der Waals surface area contributed by atoms with Gasteiger partial charge in [-0.05, 0) is 29.8 Å². The van der Waals surface area contributed by atoms with Crippen LogP contribution in [0, 0.1) is 0 Å². The van der Waals surface area contributed by atoms with Crippen LogP contribution in [0.1, 0.15) is 16.7 Å². The predicted molar refractivity (Wildman–Crippen MR) is 91.7 cm³/mol. The molecule has 0 saturated heterocycles. The molecule has 1 amide bonds. The van der Waals surface area contributed by atoms with Gasteiger partial charge in [0.1, 0.15) is 0 Å². The minimum Gasteiger partial charge on any atom is -0.350 e. The molecular weight excluding hydrogens is 386 g/mol. The summed E-state index contributed by atoms with van der Waals surface area (Å²) in [5.41, 5.74) is -2.07. The number of rotatable bonds is 3. The second kappa shape index (κ2) is 6.88. The van der Waals surface area contributed by atoms with Crippen LogP contribution in [0.15, 0.2) is 48.7 Å². The van der Waals surface area contributed by atoms with Gasteiger partial charge in [-0.15, -0.1) is 0 Å². The summed E-state index contributed by atoms with van der Waals surface area (Å²) >= 11 is 0. The molecule has 0 fully saturated rings. The van der Waals surface area contributed by atoms with Crippen molar-refractivity contribution >= 4 is 22.5 Å². The molecule has 0 aliphatic carbocycles. The second-order valence-corrected chi connectivity index (χ2v) is 6.30. The number of benzene rings is 2. The van der Waals surface area contributed by atoms with Crippen LogP contribution in [-0.4, -0.2) is 10.5 Å². The topological polar surface area (TPSA) is 34.0 Å². The Bertz CT molecular complexity index is 1000. The van der Waals surface area contributed by atoms with Gasteiger partial charge in [0.25, 0.3) is 0 Å². The molecule has 1 heterocycles. The van der Waals surface area contributed by atoms with E-state index in [4.69, 9.17) is 0 Å². The molecule has 1 aromatic heterocycles. The van der Waals surface area contributed by atoms with Crippen LogP contribution in [0.3, 0.4) is 0 Å². The summed E-state index contributed by atoms with van der Waals surface area (Å²) in [4.78, 5) is 12.3. The van der Waals surface area contributed by atoms with Crippen LogP contribution in [0.4, 0.5) is 32.0 Å². The highest BCUT2D eigenvalue weighted by molar-refractivity contribution is 5.96. The Labute approximate surface area is 155 Å². The molecule has 3 rings (SSSR count). The number of carbonyl (C=O) groups is 1. The van der Waals surface area contributed by atoms with Gasteiger partial charge in [0.2, 0.25) is 5.91 Å². The minimum absolute atomic E-state index is 0.0142. The summed E-state index contributed by atoms with van der Waals surface area (Å²) in [6, 6.07) is 8.18. The fourth-order valence-electron chi connectivity index (χ4n) is 2.97. The Morgan fingerprint density at radius 1 is 0.964 bits per heavy atom. The lowest BCUT2D eigenvalue weighted by molar-refractivity contribution is -0.143. The normalized spacial score (nSPS) is 12.4. The van der Waals surface area contributed by atoms with Gasteiger partial charge in [-0.25, -0.2) is 0 Å². The van der Waals surface area contributed by atoms with Gasteiger partial charge in [-0.1, -0.05) is 18.2 Å². The number of fused-ring (bicyclic) bond motifs is 1. The van der Waals surface area contributed by atoms with Crippen LogP contribution < -0.4 is 5.32 Å². The monoisotopic (exact) mass is 400 g/mol. The number of carbonyl (C=O) groups excluding carboxylic acids is 1. The van der Waals surface area contributed by atoms with Gasteiger partial charge in [-0.2, -0.15) is 26.3 Å². The van der Waals surface area contributed by atoms with Crippen LogP contribution >= 0.6 is 0 Å². The average molecular weight is 400 g/mol. The maximum Gasteiger partial charge on any atom is 0.416 e. The first kappa shape index (κ1) is 19.8. The highest BCUT2D eigenvalue weighted by atomic mass is 19.4. The van der Waals surface area contributed by atoms with Crippen molar-refractivity contribution in [3.8, 4) is 0 Å². The lowest BCUT2D eigenvalue weighted by atomic mass is 10.1. The fourth-order valence-corrected chi connectivity index (χ4v) is 2.97. The maximum absolute atomic E-state index is 12.9. The van der Waals surface area contributed by atoms with Gasteiger partial charge in [0.15, 0.2) is 0 Å². The number of halogens is 6. The molecule has 3 nitrogen and oxygen atoms in total. The number of aryl methyl sites for hydroxylation is 1. The molecule has 9 heteroatoms. The lowest BCUT2D eigenvalue weighted by Crippen LogP contribution is -2.17. The van der Waals surface area contributed by atoms with Crippen LogP contribution in [0.25, 0.3) is 10.9 Å². The number of aromatic nitrogens is 1. The van der Waals surface area contributed by atoms with Crippen LogP contribution in [0.2, 0.25) is 0 Å². The molecule has 0 atom stereocenters. The van der Waals surface area contributed by atoms with E-state index in [1.165, 1.54) is 0 Å². The molecule has 0 saturated carbocycles. The zero-order chi connectivity index (χ0) is 20.7. The third-order valence-electron chi connectivity index (χ3n) is 4.20. The highest BCUT2D eigenvalue weighted by Gasteiger charge is 2.37. The van der Waals surface area contributed by atoms with E-state index in [2.05, 4.69) is 5.32 Å². The van der Waals surface area contributed by atoms with E-state index >= 15 is 0 Å². The molecule has 0 radical (unpaired) electrons. The Hall–Kier alpha value is -2.97. The number of nitrogens with one attached hydrogen (secondary N) is 1. The van der Waals surface area contributed by atoms with Crippen molar-refractivity contribution in [1.29, 1.82) is 0 Å². The van der Waals surface area contributed by atoms with Crippen molar-refractivity contribution in [2.75, 3.05) is 5.32 Å². The second-order valence-electron chi connectivity index (χ2n) is 6.30. The lowest BCUT2D eigenvalue weighted by Gasteiger charge is -2.14. The molecule has 0 aliphatic heterocycles. The van der Waals surface area contributed by atoms with E-state index in [-0.39, 0.29) is 12.5 Å². The van der Waals surface area contributed by atoms with Crippen molar-refractivity contribution in [1.82, 2.24) is 4.57 Å². The SMILES string of the molecule is Cn1cc(CC(=O)Nc2cc(C(F)(F)F)cc(C(F)(F)F)c2)c2ccccc21. The van der Waals surface area contributed by atoms with Crippen molar-refractivity contribution in [2.24, 2.45) is 7.05 Å². The van der Waals surface area contributed by atoms with E-state index in [1.807, 2.05) is 12.1 Å². The molecule has 0 aliphatic rings. The van der Waals surface area contributed by atoms with Gasteiger partial charge < -0.3 is 9.88 Å². The maximum atomic E-state index is 12.9. The molecule has 1 N–H and O–H groups in total. The Morgan fingerprint density at radius 3 is 2.11 bits per heavy atom. The molecule has 0 spiro atoms. The predicted octanol–water partition coefficient (Wildman–Crippen LogP) is 5.40. The zero-order valence-corrected chi connectivity index (χ0v) is 14.4. The summed E-state index contributed by atoms with van der Waals surface area (Å²) in [5, 5.41) is 2.92. The van der Waals surface area contributed by atoms with E-state index < -0.39 is 35.1 Å². The zero-order valence-electron chi connectivity index (χ0n) is 14.4. The molecule has 0 unspecified atom stereocenters. The van der Waals surface area contributed by atoms with Crippen molar-refractivity contribution in [3.05, 3.63) is 65.4 Å². The number of alkyl halides is 6. The molecule has 2 aromatic carbocycles. The Balaban J connectivity index is 1.89. The van der Waals surface area contributed by atoms with Crippen molar-refractivity contribution < 1.29 is 31.1 Å². The van der Waals surface area contributed by atoms with Crippen molar-refractivity contribution in [2.45, 2.75) is 18.8 Å². The summed E-state index contributed by atoms with van der Waals surface area (Å²) in [7, 11) is 1.77. The van der Waals surface area contributed by atoms with E-state index in [0.717, 1.165) is 10.9 Å². The summed E-state index contributed by atoms with van der Waals surface area (Å²) in [6.45, 7) is 0. The van der Waals surface area contributed by atoms with Crippen LogP contribution in [0.5, 0.6) is 0 Å². The fraction of sp³-hybridized carbons (Fsp3) is 0.211. The van der Waals surface area contributed by atoms with E-state index in [1.54, 1.807) is 29.9 Å². The first-order chi connectivity index (χ1) is 12.9. The quantitative estimate of drug-likeness (QED) is 0.587. The molecule has 148 valence electrons. The molecule has 28 heavy (non-hydrogen) atoms. The van der Waals surface area contributed by atoms with E-state index in [0.29, 0.717) is 17.7 Å². The smallest absolute Gasteiger partial charge is 0.350 e. The summed E-state index contributed by atoms with van der Waals surface area (Å²) in [5.74, 6) is -0.719. The Kier molecular flexibility index (Phi) is 4.86. The third-order valence-corrected chi connectivity index (χ3v) is 4.20. The van der Waals surface area contributed by atoms with Crippen molar-refractivity contribution in [3.63, 3.8) is 0 Å². The first-order valence-electron chi connectivity index (χ1n) is 8.07. The van der Waals surface area contributed by atoms with E-state index in [9.17, 15) is 31.1 Å². The van der Waals surface area contributed by atoms with Gasteiger partial charge in [-0.3, -0.25) is 4.79 Å². The van der Waals surface area contributed by atoms with Crippen LogP contribution in [-0.2, 0) is 30.6 Å². The largest absolute Gasteiger partial charge is 0.416 e. The Morgan fingerprint density at radius 2 is 1.54 bits per heavy atom. The first-order valence-corrected chi connectivity index (χ1v) is 8.07. The summed E-state index contributed by atoms with van der Waals surface area (Å²) in [6.07, 6.45) is -8.46. The number of hydrogen-bond acceptors (Lipinski definition) is 1. The molecule has 3 aromatic rings. The molecular formula is C19H14F6N2O. The number of amides is 1. The highest BCUT2D eigenvalue weighted by Crippen LogP contribution is 2.37. The third kappa shape index (κ3) is 4.13. The average Bonchev–Trinajstić information content (AvgIpc) is 2.89. The van der Waals surface area contributed by atoms with Gasteiger partial charge in [0, 0.05) is 29.8 Å². The minimum atomic E-state index is -4.98. The van der Waals surface area contributed by atoms with Gasteiger partial charge in [0.05, 0.1) is 17.5 Å². The number of hydrogen-bond donors (Lipinski definition) is 1.